The molecule has 4 rings (SSSR count). The second-order valence-corrected chi connectivity index (χ2v) is 8.37. The predicted octanol–water partition coefficient (Wildman–Crippen LogP) is 3.99. The largest absolute Gasteiger partial charge is 0.497 e. The third-order valence-corrected chi connectivity index (χ3v) is 6.16. The van der Waals surface area contributed by atoms with Crippen LogP contribution in [0.3, 0.4) is 0 Å². The van der Waals surface area contributed by atoms with Crippen LogP contribution in [0.5, 0.6) is 5.75 Å². The van der Waals surface area contributed by atoms with E-state index < -0.39 is 23.8 Å². The van der Waals surface area contributed by atoms with Gasteiger partial charge in [0.1, 0.15) is 18.1 Å². The molecule has 0 spiro atoms. The fourth-order valence-electron chi connectivity index (χ4n) is 4.49. The van der Waals surface area contributed by atoms with Crippen LogP contribution in [0.15, 0.2) is 72.8 Å². The number of esters is 1. The van der Waals surface area contributed by atoms with Crippen molar-refractivity contribution in [3.05, 3.63) is 101 Å². The van der Waals surface area contributed by atoms with Crippen molar-refractivity contribution in [2.45, 2.75) is 25.4 Å². The summed E-state index contributed by atoms with van der Waals surface area (Å²) in [6.45, 7) is 1.77. The van der Waals surface area contributed by atoms with Crippen LogP contribution in [0.25, 0.3) is 0 Å². The molecule has 186 valence electrons. The number of carbonyl (C=O) groups excluding carboxylic acids is 3. The van der Waals surface area contributed by atoms with Gasteiger partial charge in [-0.05, 0) is 53.9 Å². The molecule has 0 radical (unpaired) electrons. The van der Waals surface area contributed by atoms with Crippen LogP contribution in [-0.2, 0) is 20.9 Å². The molecule has 3 aromatic carbocycles. The Labute approximate surface area is 208 Å². The molecule has 0 fully saturated rings. The second-order valence-electron chi connectivity index (χ2n) is 8.37. The zero-order chi connectivity index (χ0) is 25.7. The molecule has 3 aromatic rings. The zero-order valence-electron chi connectivity index (χ0n) is 20.1. The molecule has 1 aliphatic rings. The van der Waals surface area contributed by atoms with E-state index >= 15 is 0 Å². The first kappa shape index (κ1) is 24.9. The first-order chi connectivity index (χ1) is 17.4. The highest BCUT2D eigenvalue weighted by atomic mass is 19.1. The third kappa shape index (κ3) is 5.22. The van der Waals surface area contributed by atoms with Gasteiger partial charge in [0.25, 0.3) is 5.91 Å². The molecule has 1 aliphatic heterocycles. The van der Waals surface area contributed by atoms with Gasteiger partial charge in [-0.2, -0.15) is 0 Å². The van der Waals surface area contributed by atoms with E-state index in [0.29, 0.717) is 22.4 Å². The minimum atomic E-state index is -0.804. The van der Waals surface area contributed by atoms with Crippen molar-refractivity contribution in [3.63, 3.8) is 0 Å². The minimum absolute atomic E-state index is 0.159. The quantitative estimate of drug-likeness (QED) is 0.483. The molecule has 8 heteroatoms. The van der Waals surface area contributed by atoms with Crippen LogP contribution >= 0.6 is 0 Å². The average molecular weight is 491 g/mol. The molecule has 0 saturated carbocycles. The Hall–Kier alpha value is -4.20. The normalized spacial score (nSPS) is 16.8. The van der Waals surface area contributed by atoms with Gasteiger partial charge >= 0.3 is 5.97 Å². The molecule has 0 unspecified atom stereocenters. The highest BCUT2D eigenvalue weighted by Crippen LogP contribution is 2.43. The molecule has 1 N–H and O–H groups in total. The van der Waals surface area contributed by atoms with Crippen LogP contribution < -0.4 is 10.1 Å². The number of carbonyl (C=O) groups is 3. The van der Waals surface area contributed by atoms with Gasteiger partial charge in [-0.15, -0.1) is 0 Å². The van der Waals surface area contributed by atoms with Crippen molar-refractivity contribution in [2.75, 3.05) is 20.3 Å². The summed E-state index contributed by atoms with van der Waals surface area (Å²) in [5.74, 6) is -1.75. The van der Waals surface area contributed by atoms with Crippen LogP contribution in [0, 0.1) is 5.82 Å². The van der Waals surface area contributed by atoms with Crippen LogP contribution in [0.2, 0.25) is 0 Å². The van der Waals surface area contributed by atoms with E-state index in [9.17, 15) is 18.8 Å². The minimum Gasteiger partial charge on any atom is -0.497 e. The van der Waals surface area contributed by atoms with Crippen molar-refractivity contribution in [1.82, 2.24) is 10.2 Å². The first-order valence-electron chi connectivity index (χ1n) is 11.6. The summed E-state index contributed by atoms with van der Waals surface area (Å²) < 4.78 is 23.8. The van der Waals surface area contributed by atoms with Crippen molar-refractivity contribution in [3.8, 4) is 5.75 Å². The van der Waals surface area contributed by atoms with Crippen molar-refractivity contribution in [2.24, 2.45) is 0 Å². The number of nitrogens with zero attached hydrogens (tertiary/aromatic N) is 1. The van der Waals surface area contributed by atoms with Crippen LogP contribution in [0.1, 0.15) is 45.9 Å². The Bertz CT molecular complexity index is 1240. The van der Waals surface area contributed by atoms with E-state index in [1.807, 2.05) is 12.1 Å². The number of fused-ring (bicyclic) bond motifs is 1. The molecule has 0 aliphatic carbocycles. The summed E-state index contributed by atoms with van der Waals surface area (Å²) in [5, 5.41) is 2.68. The number of nitrogens with one attached hydrogen (secondary N) is 1. The van der Waals surface area contributed by atoms with Crippen LogP contribution in [-0.4, -0.2) is 42.9 Å². The van der Waals surface area contributed by atoms with Crippen LogP contribution in [0.4, 0.5) is 4.39 Å². The Morgan fingerprint density at radius 1 is 1.00 bits per heavy atom. The molecular formula is C28H27FN2O5. The highest BCUT2D eigenvalue weighted by molar-refractivity contribution is 6.01. The zero-order valence-corrected chi connectivity index (χ0v) is 20.1. The molecule has 0 bridgehead atoms. The maximum atomic E-state index is 13.7. The fraction of sp³-hybridized carbons (Fsp3) is 0.250. The topological polar surface area (TPSA) is 84.9 Å². The van der Waals surface area contributed by atoms with Gasteiger partial charge in [0.2, 0.25) is 5.91 Å². The lowest BCUT2D eigenvalue weighted by Crippen LogP contribution is -2.47. The van der Waals surface area contributed by atoms with Crippen molar-refractivity contribution < 1.29 is 28.2 Å². The second kappa shape index (κ2) is 11.0. The summed E-state index contributed by atoms with van der Waals surface area (Å²) in [4.78, 5) is 40.9. The summed E-state index contributed by atoms with van der Waals surface area (Å²) in [5.41, 5.74) is 2.41. The molecule has 0 saturated heterocycles. The van der Waals surface area contributed by atoms with Gasteiger partial charge in [-0.3, -0.25) is 14.4 Å². The maximum Gasteiger partial charge on any atom is 0.325 e. The Balaban J connectivity index is 1.80. The summed E-state index contributed by atoms with van der Waals surface area (Å²) in [6.07, 6.45) is 0. The molecular weight excluding hydrogens is 463 g/mol. The Morgan fingerprint density at radius 3 is 2.36 bits per heavy atom. The highest BCUT2D eigenvalue weighted by Gasteiger charge is 2.44. The van der Waals surface area contributed by atoms with E-state index in [1.54, 1.807) is 67.5 Å². The van der Waals surface area contributed by atoms with E-state index in [4.69, 9.17) is 9.47 Å². The molecule has 2 amide bonds. The summed E-state index contributed by atoms with van der Waals surface area (Å²) >= 11 is 0. The number of rotatable bonds is 8. The SMILES string of the molecule is CCOC(=O)CNC(=O)[C@H]1c2ccccc2C(=O)N(Cc2ccc(F)cc2)[C@@H]1c1ccc(OC)cc1. The molecule has 0 aromatic heterocycles. The van der Waals surface area contributed by atoms with Gasteiger partial charge in [0.15, 0.2) is 0 Å². The van der Waals surface area contributed by atoms with Gasteiger partial charge < -0.3 is 19.7 Å². The summed E-state index contributed by atoms with van der Waals surface area (Å²) in [6, 6.07) is 19.3. The number of hydrogen-bond acceptors (Lipinski definition) is 5. The summed E-state index contributed by atoms with van der Waals surface area (Å²) in [7, 11) is 1.56. The molecule has 7 nitrogen and oxygen atoms in total. The van der Waals surface area contributed by atoms with Gasteiger partial charge in [-0.1, -0.05) is 42.5 Å². The Morgan fingerprint density at radius 2 is 1.69 bits per heavy atom. The van der Waals surface area contributed by atoms with Gasteiger partial charge in [-0.25, -0.2) is 4.39 Å². The number of amides is 2. The van der Waals surface area contributed by atoms with E-state index in [2.05, 4.69) is 5.32 Å². The molecule has 1 heterocycles. The number of halogens is 1. The number of benzene rings is 3. The molecule has 2 atom stereocenters. The monoisotopic (exact) mass is 490 g/mol. The smallest absolute Gasteiger partial charge is 0.325 e. The number of hydrogen-bond donors (Lipinski definition) is 1. The van der Waals surface area contributed by atoms with E-state index in [-0.39, 0.29) is 31.4 Å². The fourth-order valence-corrected chi connectivity index (χ4v) is 4.49. The first-order valence-corrected chi connectivity index (χ1v) is 11.6. The lowest BCUT2D eigenvalue weighted by molar-refractivity contribution is -0.143. The van der Waals surface area contributed by atoms with Gasteiger partial charge in [0.05, 0.1) is 25.7 Å². The lowest BCUT2D eigenvalue weighted by Gasteiger charge is -2.42. The average Bonchev–Trinajstić information content (AvgIpc) is 2.90. The third-order valence-electron chi connectivity index (χ3n) is 6.16. The van der Waals surface area contributed by atoms with Crippen molar-refractivity contribution >= 4 is 17.8 Å². The predicted molar refractivity (Wildman–Crippen MR) is 131 cm³/mol. The maximum absolute atomic E-state index is 13.7. The van der Waals surface area contributed by atoms with E-state index in [1.165, 1.54) is 12.1 Å². The van der Waals surface area contributed by atoms with Crippen molar-refractivity contribution in [1.29, 1.82) is 0 Å². The van der Waals surface area contributed by atoms with Gasteiger partial charge in [0, 0.05) is 12.1 Å². The van der Waals surface area contributed by atoms with E-state index in [0.717, 1.165) is 5.56 Å². The standard InChI is InChI=1S/C28H27FN2O5/c1-3-36-24(32)16-30-27(33)25-22-6-4-5-7-23(22)28(34)31(17-18-8-12-20(29)13-9-18)26(25)19-10-14-21(35-2)15-11-19/h4-15,25-26H,3,16-17H2,1-2H3,(H,30,33)/t25-,26+/m0/s1. The number of ether oxygens (including phenoxy) is 2. The Kier molecular flexibility index (Phi) is 7.63. The molecule has 36 heavy (non-hydrogen) atoms. The number of methoxy groups -OCH3 is 1. The lowest BCUT2D eigenvalue weighted by atomic mass is 9.79.